The van der Waals surface area contributed by atoms with Gasteiger partial charge < -0.3 is 20.1 Å². The molecule has 0 unspecified atom stereocenters. The molecule has 1 aromatic carbocycles. The minimum atomic E-state index is -0.603. The third-order valence-electron chi connectivity index (χ3n) is 5.44. The van der Waals surface area contributed by atoms with Gasteiger partial charge in [-0.2, -0.15) is 0 Å². The molecule has 0 radical (unpaired) electrons. The van der Waals surface area contributed by atoms with Gasteiger partial charge in [-0.15, -0.1) is 0 Å². The lowest BCUT2D eigenvalue weighted by molar-refractivity contribution is -0.124. The molecule has 1 aliphatic carbocycles. The molecule has 2 N–H and O–H groups in total. The molecule has 10 heteroatoms. The van der Waals surface area contributed by atoms with Crippen molar-refractivity contribution in [3.05, 3.63) is 58.6 Å². The summed E-state index contributed by atoms with van der Waals surface area (Å²) in [6.07, 6.45) is 4.58. The smallest absolute Gasteiger partial charge is 0.339 e. The van der Waals surface area contributed by atoms with Gasteiger partial charge in [-0.25, -0.2) is 9.18 Å². The number of methoxy groups -OCH3 is 1. The van der Waals surface area contributed by atoms with Crippen molar-refractivity contribution < 1.29 is 28.2 Å². The molecule has 0 bridgehead atoms. The number of rotatable bonds is 8. The minimum Gasteiger partial charge on any atom is -0.484 e. The van der Waals surface area contributed by atoms with E-state index in [1.54, 1.807) is 0 Å². The van der Waals surface area contributed by atoms with Crippen LogP contribution in [0.25, 0.3) is 0 Å². The van der Waals surface area contributed by atoms with Crippen molar-refractivity contribution in [2.45, 2.75) is 31.7 Å². The summed E-state index contributed by atoms with van der Waals surface area (Å²) < 4.78 is 23.3. The topological polar surface area (TPSA) is 107 Å². The van der Waals surface area contributed by atoms with E-state index in [0.717, 1.165) is 31.7 Å². The predicted molar refractivity (Wildman–Crippen MR) is 119 cm³/mol. The maximum Gasteiger partial charge on any atom is 0.339 e. The molecule has 1 aliphatic rings. The van der Waals surface area contributed by atoms with Crippen LogP contribution in [0.5, 0.6) is 5.75 Å². The molecule has 0 aliphatic heterocycles. The van der Waals surface area contributed by atoms with Crippen LogP contribution in [0.15, 0.2) is 36.5 Å². The number of carbonyl (C=O) groups is 3. The average molecular weight is 478 g/mol. The van der Waals surface area contributed by atoms with Gasteiger partial charge >= 0.3 is 5.97 Å². The molecule has 1 heterocycles. The Kier molecular flexibility index (Phi) is 8.59. The molecule has 8 nitrogen and oxygen atoms in total. The van der Waals surface area contributed by atoms with Crippen LogP contribution in [0.1, 0.15) is 46.5 Å². The van der Waals surface area contributed by atoms with E-state index < -0.39 is 11.8 Å². The van der Waals surface area contributed by atoms with Crippen molar-refractivity contribution in [2.24, 2.45) is 5.92 Å². The molecule has 0 saturated heterocycles. The Bertz CT molecular complexity index is 994. The van der Waals surface area contributed by atoms with Crippen molar-refractivity contribution in [1.82, 2.24) is 15.6 Å². The summed E-state index contributed by atoms with van der Waals surface area (Å²) in [5.74, 6) is -1.16. The van der Waals surface area contributed by atoms with Crippen molar-refractivity contribution in [2.75, 3.05) is 20.3 Å². The highest BCUT2D eigenvalue weighted by molar-refractivity contribution is 6.30. The Morgan fingerprint density at radius 3 is 2.55 bits per heavy atom. The van der Waals surface area contributed by atoms with E-state index in [0.29, 0.717) is 12.5 Å². The zero-order valence-corrected chi connectivity index (χ0v) is 18.9. The second-order valence-electron chi connectivity index (χ2n) is 7.78. The lowest BCUT2D eigenvalue weighted by Crippen LogP contribution is -2.41. The number of aromatic nitrogens is 1. The largest absolute Gasteiger partial charge is 0.484 e. The predicted octanol–water partition coefficient (Wildman–Crippen LogP) is 3.14. The van der Waals surface area contributed by atoms with Crippen LogP contribution in [0.4, 0.5) is 4.39 Å². The molecule has 0 spiro atoms. The van der Waals surface area contributed by atoms with Crippen molar-refractivity contribution in [3.63, 3.8) is 0 Å². The summed E-state index contributed by atoms with van der Waals surface area (Å²) in [6, 6.07) is 7.02. The van der Waals surface area contributed by atoms with Gasteiger partial charge in [0.05, 0.1) is 17.7 Å². The molecular formula is C23H25ClFN3O5. The highest BCUT2D eigenvalue weighted by Crippen LogP contribution is 2.24. The summed E-state index contributed by atoms with van der Waals surface area (Å²) in [4.78, 5) is 39.8. The van der Waals surface area contributed by atoms with Gasteiger partial charge in [0.2, 0.25) is 0 Å². The first-order valence-corrected chi connectivity index (χ1v) is 10.9. The second-order valence-corrected chi connectivity index (χ2v) is 8.19. The summed E-state index contributed by atoms with van der Waals surface area (Å²) in [6.45, 7) is 0.296. The third kappa shape index (κ3) is 7.15. The first-order valence-electron chi connectivity index (χ1n) is 10.6. The number of ether oxygens (including phenoxy) is 2. The summed E-state index contributed by atoms with van der Waals surface area (Å²) >= 11 is 5.62. The Morgan fingerprint density at radius 1 is 1.15 bits per heavy atom. The lowest BCUT2D eigenvalue weighted by Gasteiger charge is -2.29. The fourth-order valence-corrected chi connectivity index (χ4v) is 3.71. The highest BCUT2D eigenvalue weighted by Gasteiger charge is 2.23. The van der Waals surface area contributed by atoms with E-state index in [1.165, 1.54) is 37.6 Å². The van der Waals surface area contributed by atoms with Crippen molar-refractivity contribution in [3.8, 4) is 5.75 Å². The monoisotopic (exact) mass is 477 g/mol. The van der Waals surface area contributed by atoms with Crippen molar-refractivity contribution in [1.29, 1.82) is 0 Å². The van der Waals surface area contributed by atoms with Gasteiger partial charge in [0, 0.05) is 24.8 Å². The molecule has 1 aromatic heterocycles. The van der Waals surface area contributed by atoms with E-state index in [4.69, 9.17) is 16.3 Å². The average Bonchev–Trinajstić information content (AvgIpc) is 2.83. The molecule has 33 heavy (non-hydrogen) atoms. The molecule has 2 aromatic rings. The van der Waals surface area contributed by atoms with Crippen LogP contribution in [-0.2, 0) is 9.53 Å². The van der Waals surface area contributed by atoms with Crippen LogP contribution in [0.3, 0.4) is 0 Å². The van der Waals surface area contributed by atoms with Crippen LogP contribution in [0, 0.1) is 11.7 Å². The summed E-state index contributed by atoms with van der Waals surface area (Å²) in [5.41, 5.74) is 0.504. The number of benzene rings is 1. The maximum absolute atomic E-state index is 13.4. The van der Waals surface area contributed by atoms with Gasteiger partial charge in [0.25, 0.3) is 11.8 Å². The third-order valence-corrected chi connectivity index (χ3v) is 5.75. The van der Waals surface area contributed by atoms with E-state index in [2.05, 4.69) is 20.4 Å². The van der Waals surface area contributed by atoms with E-state index >= 15 is 0 Å². The number of nitrogens with zero attached hydrogens (tertiary/aromatic N) is 1. The van der Waals surface area contributed by atoms with Gasteiger partial charge in [-0.1, -0.05) is 11.6 Å². The molecule has 0 atom stereocenters. The lowest BCUT2D eigenvalue weighted by atomic mass is 9.86. The minimum absolute atomic E-state index is 0.00696. The summed E-state index contributed by atoms with van der Waals surface area (Å²) in [5, 5.41) is 5.79. The van der Waals surface area contributed by atoms with Crippen LogP contribution in [0.2, 0.25) is 5.02 Å². The molecular weight excluding hydrogens is 453 g/mol. The second kappa shape index (κ2) is 11.6. The van der Waals surface area contributed by atoms with Gasteiger partial charge in [0.1, 0.15) is 17.3 Å². The molecule has 1 fully saturated rings. The van der Waals surface area contributed by atoms with Gasteiger partial charge in [-0.3, -0.25) is 14.6 Å². The Labute approximate surface area is 195 Å². The number of hydrogen-bond donors (Lipinski definition) is 2. The normalized spacial score (nSPS) is 17.7. The van der Waals surface area contributed by atoms with E-state index in [-0.39, 0.29) is 46.5 Å². The van der Waals surface area contributed by atoms with E-state index in [1.807, 2.05) is 0 Å². The Hall–Kier alpha value is -3.20. The number of pyridine rings is 1. The van der Waals surface area contributed by atoms with Gasteiger partial charge in [0.15, 0.2) is 6.61 Å². The Balaban J connectivity index is 1.35. The number of halogens is 2. The quantitative estimate of drug-likeness (QED) is 0.566. The molecule has 3 rings (SSSR count). The maximum atomic E-state index is 13.4. The number of hydrogen-bond acceptors (Lipinski definition) is 6. The van der Waals surface area contributed by atoms with Crippen molar-refractivity contribution >= 4 is 29.4 Å². The highest BCUT2D eigenvalue weighted by atomic mass is 35.5. The van der Waals surface area contributed by atoms with Crippen LogP contribution in [-0.4, -0.2) is 49.1 Å². The molecule has 176 valence electrons. The fraction of sp³-hybridized carbons (Fsp3) is 0.391. The Morgan fingerprint density at radius 2 is 1.91 bits per heavy atom. The first-order chi connectivity index (χ1) is 15.9. The summed E-state index contributed by atoms with van der Waals surface area (Å²) in [7, 11) is 1.28. The fourth-order valence-electron chi connectivity index (χ4n) is 3.59. The van der Waals surface area contributed by atoms with Gasteiger partial charge in [-0.05, 0) is 55.9 Å². The zero-order valence-electron chi connectivity index (χ0n) is 18.1. The zero-order chi connectivity index (χ0) is 23.8. The first kappa shape index (κ1) is 24.4. The van der Waals surface area contributed by atoms with Crippen LogP contribution >= 0.6 is 11.6 Å². The SMILES string of the molecule is COC(=O)c1ccc(C(=O)NCC2CCC(NC(=O)COc3ccc(Cl)c(F)c3)CC2)nc1. The number of esters is 1. The number of nitrogens with one attached hydrogen (secondary N) is 2. The molecule has 1 saturated carbocycles. The van der Waals surface area contributed by atoms with E-state index in [9.17, 15) is 18.8 Å². The number of carbonyl (C=O) groups excluding carboxylic acids is 3. The molecule has 2 amide bonds. The number of amides is 2. The standard InChI is InChI=1S/C23H25ClFN3O5/c1-32-23(31)15-4-9-20(26-12-15)22(30)27-11-14-2-5-16(6-3-14)28-21(29)13-33-17-7-8-18(24)19(25)10-17/h4,7-10,12,14,16H,2-3,5-6,11,13H2,1H3,(H,27,30)(H,28,29). The van der Waals surface area contributed by atoms with Crippen LogP contribution < -0.4 is 15.4 Å².